The molecule has 0 aromatic heterocycles. The van der Waals surface area contributed by atoms with Crippen molar-refractivity contribution >= 4 is 5.69 Å². The Morgan fingerprint density at radius 1 is 1.50 bits per heavy atom. The fourth-order valence-corrected chi connectivity index (χ4v) is 2.30. The molecule has 100 valence electrons. The Hall–Kier alpha value is -1.26. The van der Waals surface area contributed by atoms with Crippen LogP contribution in [0.2, 0.25) is 0 Å². The molecule has 4 heteroatoms. The second kappa shape index (κ2) is 5.59. The molecule has 0 saturated carbocycles. The summed E-state index contributed by atoms with van der Waals surface area (Å²) in [6.07, 6.45) is 2.27. The van der Waals surface area contributed by atoms with E-state index < -0.39 is 0 Å². The van der Waals surface area contributed by atoms with Crippen LogP contribution in [0, 0.1) is 0 Å². The predicted octanol–water partition coefficient (Wildman–Crippen LogP) is 1.94. The van der Waals surface area contributed by atoms with Crippen molar-refractivity contribution in [2.75, 3.05) is 26.0 Å². The summed E-state index contributed by atoms with van der Waals surface area (Å²) in [5.41, 5.74) is 7.78. The highest BCUT2D eigenvalue weighted by Gasteiger charge is 2.28. The van der Waals surface area contributed by atoms with Crippen molar-refractivity contribution in [3.63, 3.8) is 0 Å². The Morgan fingerprint density at radius 3 is 3.00 bits per heavy atom. The van der Waals surface area contributed by atoms with Crippen LogP contribution in [0.25, 0.3) is 0 Å². The average molecular weight is 250 g/mol. The largest absolute Gasteiger partial charge is 0.497 e. The van der Waals surface area contributed by atoms with Gasteiger partial charge in [0.05, 0.1) is 12.7 Å². The van der Waals surface area contributed by atoms with Gasteiger partial charge in [-0.3, -0.25) is 0 Å². The first-order chi connectivity index (χ1) is 8.63. The maximum atomic E-state index is 5.94. The molecule has 18 heavy (non-hydrogen) atoms. The molecule has 0 radical (unpaired) electrons. The Morgan fingerprint density at radius 2 is 2.33 bits per heavy atom. The van der Waals surface area contributed by atoms with Crippen LogP contribution < -0.4 is 15.8 Å². The van der Waals surface area contributed by atoms with E-state index in [9.17, 15) is 0 Å². The molecule has 1 aliphatic heterocycles. The summed E-state index contributed by atoms with van der Waals surface area (Å²) in [6, 6.07) is 5.73. The maximum Gasteiger partial charge on any atom is 0.119 e. The van der Waals surface area contributed by atoms with Gasteiger partial charge in [0.2, 0.25) is 0 Å². The van der Waals surface area contributed by atoms with Gasteiger partial charge in [-0.15, -0.1) is 0 Å². The smallest absolute Gasteiger partial charge is 0.119 e. The zero-order valence-corrected chi connectivity index (χ0v) is 11.2. The fraction of sp³-hybridized carbons (Fsp3) is 0.571. The van der Waals surface area contributed by atoms with E-state index >= 15 is 0 Å². The molecular formula is C14H22N2O2. The lowest BCUT2D eigenvalue weighted by Gasteiger charge is -2.23. The van der Waals surface area contributed by atoms with E-state index in [1.54, 1.807) is 7.11 Å². The first-order valence-corrected chi connectivity index (χ1v) is 6.40. The van der Waals surface area contributed by atoms with Crippen molar-refractivity contribution in [2.24, 2.45) is 0 Å². The van der Waals surface area contributed by atoms with E-state index in [0.29, 0.717) is 0 Å². The topological polar surface area (TPSA) is 56.5 Å². The predicted molar refractivity (Wildman–Crippen MR) is 72.7 cm³/mol. The van der Waals surface area contributed by atoms with Crippen LogP contribution in [0.5, 0.6) is 5.75 Å². The summed E-state index contributed by atoms with van der Waals surface area (Å²) < 4.78 is 10.9. The van der Waals surface area contributed by atoms with Gasteiger partial charge in [-0.25, -0.2) is 0 Å². The Bertz CT molecular complexity index is 401. The first kappa shape index (κ1) is 13.2. The molecule has 0 bridgehead atoms. The van der Waals surface area contributed by atoms with Gasteiger partial charge in [0.1, 0.15) is 5.75 Å². The third-order valence-corrected chi connectivity index (χ3v) is 3.47. The zero-order chi connectivity index (χ0) is 13.0. The van der Waals surface area contributed by atoms with Crippen molar-refractivity contribution < 1.29 is 9.47 Å². The zero-order valence-electron chi connectivity index (χ0n) is 11.2. The minimum Gasteiger partial charge on any atom is -0.497 e. The van der Waals surface area contributed by atoms with Crippen LogP contribution in [-0.2, 0) is 11.3 Å². The lowest BCUT2D eigenvalue weighted by molar-refractivity contribution is 0.0207. The van der Waals surface area contributed by atoms with Crippen LogP contribution in [-0.4, -0.2) is 25.9 Å². The lowest BCUT2D eigenvalue weighted by atomic mass is 10.0. The molecule has 1 atom stereocenters. The van der Waals surface area contributed by atoms with Gasteiger partial charge in [0, 0.05) is 25.4 Å². The molecule has 1 aromatic carbocycles. The van der Waals surface area contributed by atoms with Crippen LogP contribution in [0.15, 0.2) is 18.2 Å². The molecule has 1 unspecified atom stereocenters. The van der Waals surface area contributed by atoms with Crippen molar-refractivity contribution in [1.82, 2.24) is 5.32 Å². The lowest BCUT2D eigenvalue weighted by Crippen LogP contribution is -2.36. The third-order valence-electron chi connectivity index (χ3n) is 3.47. The minimum absolute atomic E-state index is 0.0202. The van der Waals surface area contributed by atoms with Gasteiger partial charge in [-0.1, -0.05) is 0 Å². The van der Waals surface area contributed by atoms with E-state index in [-0.39, 0.29) is 5.60 Å². The molecule has 2 rings (SSSR count). The SMILES string of the molecule is COc1ccc(N)c(CNCC2(C)CCCO2)c1. The number of rotatable bonds is 5. The van der Waals surface area contributed by atoms with E-state index in [2.05, 4.69) is 12.2 Å². The molecule has 1 aromatic rings. The average Bonchev–Trinajstić information content (AvgIpc) is 2.79. The van der Waals surface area contributed by atoms with Crippen molar-refractivity contribution in [3.05, 3.63) is 23.8 Å². The standard InChI is InChI=1S/C14H22N2O2/c1-14(6-3-7-18-14)10-16-9-11-8-12(17-2)4-5-13(11)15/h4-5,8,16H,3,6-7,9-10,15H2,1-2H3. The number of hydrogen-bond acceptors (Lipinski definition) is 4. The summed E-state index contributed by atoms with van der Waals surface area (Å²) in [6.45, 7) is 4.62. The Kier molecular flexibility index (Phi) is 4.09. The van der Waals surface area contributed by atoms with E-state index in [1.807, 2.05) is 18.2 Å². The molecule has 0 aliphatic carbocycles. The van der Waals surface area contributed by atoms with E-state index in [4.69, 9.17) is 15.2 Å². The number of hydrogen-bond donors (Lipinski definition) is 2. The molecule has 1 heterocycles. The normalized spacial score (nSPS) is 23.2. The molecule has 1 saturated heterocycles. The summed E-state index contributed by atoms with van der Waals surface area (Å²) in [5.74, 6) is 0.837. The number of nitrogens with two attached hydrogens (primary N) is 1. The molecular weight excluding hydrogens is 228 g/mol. The fourth-order valence-electron chi connectivity index (χ4n) is 2.30. The minimum atomic E-state index is -0.0202. The van der Waals surface area contributed by atoms with Crippen molar-refractivity contribution in [3.8, 4) is 5.75 Å². The number of benzene rings is 1. The first-order valence-electron chi connectivity index (χ1n) is 6.40. The summed E-state index contributed by atoms with van der Waals surface area (Å²) in [7, 11) is 1.66. The second-order valence-electron chi connectivity index (χ2n) is 5.07. The van der Waals surface area contributed by atoms with Crippen LogP contribution in [0.1, 0.15) is 25.3 Å². The van der Waals surface area contributed by atoms with Crippen LogP contribution in [0.3, 0.4) is 0 Å². The number of anilines is 1. The van der Waals surface area contributed by atoms with Gasteiger partial charge >= 0.3 is 0 Å². The van der Waals surface area contributed by atoms with Crippen molar-refractivity contribution in [2.45, 2.75) is 31.9 Å². The summed E-state index contributed by atoms with van der Waals surface area (Å²) in [4.78, 5) is 0. The summed E-state index contributed by atoms with van der Waals surface area (Å²) in [5, 5.41) is 3.42. The highest BCUT2D eigenvalue weighted by atomic mass is 16.5. The summed E-state index contributed by atoms with van der Waals surface area (Å²) >= 11 is 0. The van der Waals surface area contributed by atoms with Gasteiger partial charge in [0.15, 0.2) is 0 Å². The second-order valence-corrected chi connectivity index (χ2v) is 5.07. The molecule has 1 fully saturated rings. The number of nitrogen functional groups attached to an aromatic ring is 1. The molecule has 3 N–H and O–H groups in total. The molecule has 0 amide bonds. The van der Waals surface area contributed by atoms with Gasteiger partial charge in [0.25, 0.3) is 0 Å². The monoisotopic (exact) mass is 250 g/mol. The highest BCUT2D eigenvalue weighted by molar-refractivity contribution is 5.50. The number of ether oxygens (including phenoxy) is 2. The van der Waals surface area contributed by atoms with Gasteiger partial charge < -0.3 is 20.5 Å². The van der Waals surface area contributed by atoms with E-state index in [0.717, 1.165) is 49.5 Å². The van der Waals surface area contributed by atoms with Crippen LogP contribution in [0.4, 0.5) is 5.69 Å². The Labute approximate surface area is 108 Å². The van der Waals surface area contributed by atoms with Crippen LogP contribution >= 0.6 is 0 Å². The molecule has 0 spiro atoms. The number of methoxy groups -OCH3 is 1. The quantitative estimate of drug-likeness (QED) is 0.784. The Balaban J connectivity index is 1.89. The third kappa shape index (κ3) is 3.15. The van der Waals surface area contributed by atoms with E-state index in [1.165, 1.54) is 0 Å². The highest BCUT2D eigenvalue weighted by Crippen LogP contribution is 2.24. The molecule has 1 aliphatic rings. The van der Waals surface area contributed by atoms with Crippen molar-refractivity contribution in [1.29, 1.82) is 0 Å². The number of nitrogens with one attached hydrogen (secondary N) is 1. The van der Waals surface area contributed by atoms with Gasteiger partial charge in [-0.2, -0.15) is 0 Å². The maximum absolute atomic E-state index is 5.94. The van der Waals surface area contributed by atoms with Gasteiger partial charge in [-0.05, 0) is 43.5 Å². The molecule has 4 nitrogen and oxygen atoms in total.